The molecule has 0 fully saturated rings. The van der Waals surface area contributed by atoms with Crippen molar-refractivity contribution in [1.82, 2.24) is 0 Å². The summed E-state index contributed by atoms with van der Waals surface area (Å²) in [5.41, 5.74) is 2.11. The van der Waals surface area contributed by atoms with Crippen LogP contribution >= 0.6 is 39.7 Å². The molecule has 1 aromatic rings. The third kappa shape index (κ3) is 2.28. The Hall–Kier alpha value is 0.0800. The minimum Gasteiger partial charge on any atom is -0.0867 e. The average molecular weight is 264 g/mol. The summed E-state index contributed by atoms with van der Waals surface area (Å²) in [6, 6.07) is 5.87. The fourth-order valence-corrected chi connectivity index (χ4v) is 1.47. The predicted molar refractivity (Wildman–Crippen MR) is 61.7 cm³/mol. The normalized spacial score (nSPS) is 9.92. The number of thiocarbonyl (C=S) groups is 1. The highest BCUT2D eigenvalue weighted by molar-refractivity contribution is 9.09. The molecule has 0 saturated heterocycles. The molecule has 0 aliphatic rings. The molecule has 0 amide bonds. The van der Waals surface area contributed by atoms with Gasteiger partial charge in [-0.3, -0.25) is 0 Å². The number of benzene rings is 1. The SMILES string of the molecule is Cc1ccc(C(=S)CBr)cc1Cl. The maximum atomic E-state index is 5.94. The third-order valence-electron chi connectivity index (χ3n) is 1.62. The summed E-state index contributed by atoms with van der Waals surface area (Å²) in [6.45, 7) is 1.98. The largest absolute Gasteiger partial charge is 0.0867 e. The second kappa shape index (κ2) is 4.35. The van der Waals surface area contributed by atoms with Gasteiger partial charge in [0.2, 0.25) is 0 Å². The van der Waals surface area contributed by atoms with Crippen LogP contribution in [0.15, 0.2) is 18.2 Å². The number of rotatable bonds is 2. The highest BCUT2D eigenvalue weighted by Crippen LogP contribution is 2.17. The molecule has 1 rings (SSSR count). The van der Waals surface area contributed by atoms with Gasteiger partial charge in [0.15, 0.2) is 0 Å². The smallest absolute Gasteiger partial charge is 0.0441 e. The zero-order valence-electron chi connectivity index (χ0n) is 6.60. The van der Waals surface area contributed by atoms with E-state index in [0.29, 0.717) is 5.33 Å². The van der Waals surface area contributed by atoms with Gasteiger partial charge in [0.05, 0.1) is 0 Å². The van der Waals surface area contributed by atoms with E-state index >= 15 is 0 Å². The number of hydrogen-bond acceptors (Lipinski definition) is 1. The topological polar surface area (TPSA) is 0 Å². The quantitative estimate of drug-likeness (QED) is 0.445. The molecular weight excluding hydrogens is 256 g/mol. The number of hydrogen-bond donors (Lipinski definition) is 0. The highest BCUT2D eigenvalue weighted by atomic mass is 79.9. The van der Waals surface area contributed by atoms with Crippen molar-refractivity contribution >= 4 is 44.6 Å². The number of aryl methyl sites for hydroxylation is 1. The van der Waals surface area contributed by atoms with Gasteiger partial charge in [0, 0.05) is 15.2 Å². The van der Waals surface area contributed by atoms with Gasteiger partial charge in [-0.2, -0.15) is 0 Å². The fraction of sp³-hybridized carbons (Fsp3) is 0.222. The van der Waals surface area contributed by atoms with Crippen molar-refractivity contribution in [3.63, 3.8) is 0 Å². The van der Waals surface area contributed by atoms with Crippen molar-refractivity contribution in [3.05, 3.63) is 34.3 Å². The molecule has 0 spiro atoms. The molecule has 0 unspecified atom stereocenters. The van der Waals surface area contributed by atoms with E-state index in [0.717, 1.165) is 21.0 Å². The van der Waals surface area contributed by atoms with Gasteiger partial charge in [0.1, 0.15) is 0 Å². The maximum Gasteiger partial charge on any atom is 0.0441 e. The Kier molecular flexibility index (Phi) is 3.69. The molecule has 0 aliphatic heterocycles. The van der Waals surface area contributed by atoms with Gasteiger partial charge in [-0.1, -0.05) is 51.9 Å². The van der Waals surface area contributed by atoms with Crippen molar-refractivity contribution < 1.29 is 0 Å². The maximum absolute atomic E-state index is 5.94. The van der Waals surface area contributed by atoms with Gasteiger partial charge < -0.3 is 0 Å². The standard InChI is InChI=1S/C9H8BrClS/c1-6-2-3-7(4-8(6)11)9(12)5-10/h2-4H,5H2,1H3. The minimum absolute atomic E-state index is 0.710. The second-order valence-corrected chi connectivity index (χ2v) is 3.98. The first-order valence-electron chi connectivity index (χ1n) is 3.50. The molecule has 3 heteroatoms. The van der Waals surface area contributed by atoms with Crippen LogP contribution in [0.25, 0.3) is 0 Å². The van der Waals surface area contributed by atoms with Crippen LogP contribution in [0, 0.1) is 6.92 Å². The van der Waals surface area contributed by atoms with E-state index in [1.807, 2.05) is 25.1 Å². The van der Waals surface area contributed by atoms with E-state index in [1.165, 1.54) is 0 Å². The van der Waals surface area contributed by atoms with E-state index in [-0.39, 0.29) is 0 Å². The molecule has 64 valence electrons. The van der Waals surface area contributed by atoms with Crippen molar-refractivity contribution in [2.75, 3.05) is 5.33 Å². The van der Waals surface area contributed by atoms with Crippen molar-refractivity contribution in [3.8, 4) is 0 Å². The minimum atomic E-state index is 0.710. The molecule has 0 aliphatic carbocycles. The lowest BCUT2D eigenvalue weighted by atomic mass is 10.1. The molecule has 0 bridgehead atoms. The zero-order valence-corrected chi connectivity index (χ0v) is 9.76. The van der Waals surface area contributed by atoms with Crippen LogP contribution in [0.4, 0.5) is 0 Å². The van der Waals surface area contributed by atoms with E-state index in [4.69, 9.17) is 23.8 Å². The summed E-state index contributed by atoms with van der Waals surface area (Å²) in [5.74, 6) is 0. The molecule has 0 atom stereocenters. The molecule has 0 saturated carbocycles. The van der Waals surface area contributed by atoms with Crippen molar-refractivity contribution in [1.29, 1.82) is 0 Å². The van der Waals surface area contributed by atoms with Gasteiger partial charge >= 0.3 is 0 Å². The van der Waals surface area contributed by atoms with E-state index in [9.17, 15) is 0 Å². The monoisotopic (exact) mass is 262 g/mol. The first-order chi connectivity index (χ1) is 5.65. The fourth-order valence-electron chi connectivity index (χ4n) is 0.843. The summed E-state index contributed by atoms with van der Waals surface area (Å²) in [7, 11) is 0. The van der Waals surface area contributed by atoms with Crippen LogP contribution in [0.5, 0.6) is 0 Å². The first-order valence-corrected chi connectivity index (χ1v) is 5.41. The summed E-state index contributed by atoms with van der Waals surface area (Å²) < 4.78 is 0. The average Bonchev–Trinajstić information content (AvgIpc) is 2.08. The molecule has 0 radical (unpaired) electrons. The Morgan fingerprint density at radius 3 is 2.75 bits per heavy atom. The van der Waals surface area contributed by atoms with Gasteiger partial charge in [-0.25, -0.2) is 0 Å². The Morgan fingerprint density at radius 1 is 1.58 bits per heavy atom. The summed E-state index contributed by atoms with van der Waals surface area (Å²) in [5, 5.41) is 1.48. The molecule has 0 aromatic heterocycles. The molecule has 0 N–H and O–H groups in total. The third-order valence-corrected chi connectivity index (χ3v) is 3.33. The first kappa shape index (κ1) is 10.2. The van der Waals surface area contributed by atoms with Crippen LogP contribution in [-0.2, 0) is 0 Å². The number of halogens is 2. The van der Waals surface area contributed by atoms with Crippen LogP contribution in [0.2, 0.25) is 5.02 Å². The predicted octanol–water partition coefficient (Wildman–Crippen LogP) is 3.76. The van der Waals surface area contributed by atoms with Gasteiger partial charge in [0.25, 0.3) is 0 Å². The zero-order chi connectivity index (χ0) is 9.14. The number of alkyl halides is 1. The van der Waals surface area contributed by atoms with E-state index < -0.39 is 0 Å². The Labute approximate surface area is 91.1 Å². The lowest BCUT2D eigenvalue weighted by Gasteiger charge is -2.02. The van der Waals surface area contributed by atoms with Crippen LogP contribution < -0.4 is 0 Å². The Morgan fingerprint density at radius 2 is 2.25 bits per heavy atom. The van der Waals surface area contributed by atoms with Crippen LogP contribution in [0.1, 0.15) is 11.1 Å². The summed E-state index contributed by atoms with van der Waals surface area (Å²) in [4.78, 5) is 0.886. The second-order valence-electron chi connectivity index (χ2n) is 2.52. The summed E-state index contributed by atoms with van der Waals surface area (Å²) >= 11 is 14.4. The lowest BCUT2D eigenvalue weighted by Crippen LogP contribution is -1.97. The van der Waals surface area contributed by atoms with Crippen molar-refractivity contribution in [2.24, 2.45) is 0 Å². The lowest BCUT2D eigenvalue weighted by molar-refractivity contribution is 1.46. The molecule has 12 heavy (non-hydrogen) atoms. The van der Waals surface area contributed by atoms with Gasteiger partial charge in [-0.15, -0.1) is 0 Å². The molecule has 1 aromatic carbocycles. The van der Waals surface area contributed by atoms with Crippen LogP contribution in [0.3, 0.4) is 0 Å². The summed E-state index contributed by atoms with van der Waals surface area (Å²) in [6.07, 6.45) is 0. The Bertz CT molecular complexity index is 309. The molecule has 0 heterocycles. The van der Waals surface area contributed by atoms with Crippen LogP contribution in [-0.4, -0.2) is 10.2 Å². The molecule has 0 nitrogen and oxygen atoms in total. The van der Waals surface area contributed by atoms with Gasteiger partial charge in [-0.05, 0) is 24.1 Å². The Balaban J connectivity index is 3.05. The van der Waals surface area contributed by atoms with E-state index in [2.05, 4.69) is 15.9 Å². The highest BCUT2D eigenvalue weighted by Gasteiger charge is 2.01. The van der Waals surface area contributed by atoms with E-state index in [1.54, 1.807) is 0 Å². The molecular formula is C9H8BrClS. The van der Waals surface area contributed by atoms with Crippen molar-refractivity contribution in [2.45, 2.75) is 6.92 Å².